The van der Waals surface area contributed by atoms with Gasteiger partial charge in [-0.25, -0.2) is 4.79 Å². The Kier molecular flexibility index (Phi) is 4.60. The first-order chi connectivity index (χ1) is 9.52. The Labute approximate surface area is 126 Å². The molecule has 106 valence electrons. The van der Waals surface area contributed by atoms with Crippen LogP contribution in [0.2, 0.25) is 0 Å². The number of hydrogen-bond donors (Lipinski definition) is 1. The van der Waals surface area contributed by atoms with Gasteiger partial charge in [0.2, 0.25) is 0 Å². The molecule has 5 heteroatoms. The van der Waals surface area contributed by atoms with Crippen LogP contribution in [0.1, 0.15) is 36.5 Å². The first-order valence-corrected chi connectivity index (χ1v) is 7.20. The maximum absolute atomic E-state index is 11.7. The number of anilines is 1. The lowest BCUT2D eigenvalue weighted by Crippen LogP contribution is -2.14. The second kappa shape index (κ2) is 6.22. The van der Waals surface area contributed by atoms with E-state index in [4.69, 9.17) is 0 Å². The summed E-state index contributed by atoms with van der Waals surface area (Å²) < 4.78 is 5.44. The van der Waals surface area contributed by atoms with Gasteiger partial charge in [0, 0.05) is 22.2 Å². The minimum atomic E-state index is -0.375. The second-order valence-electron chi connectivity index (χ2n) is 4.69. The number of Topliss-reactive ketones (excluding diaryl/α,β-unsaturated/α-hetero) is 1. The lowest BCUT2D eigenvalue weighted by molar-refractivity contribution is -0.116. The lowest BCUT2D eigenvalue weighted by Gasteiger charge is -2.19. The number of nitrogens with one attached hydrogen (secondary N) is 1. The van der Waals surface area contributed by atoms with Crippen molar-refractivity contribution in [1.29, 1.82) is 0 Å². The summed E-state index contributed by atoms with van der Waals surface area (Å²) in [5.41, 5.74) is 3.06. The standard InChI is InChI=1S/C15H16BrNO3/c1-9-12(4-3-5-14(9)18)17-13-7-6-10(8-11(13)16)15(19)20-2/h6-8,17H,3-5H2,1-2H3. The summed E-state index contributed by atoms with van der Waals surface area (Å²) in [7, 11) is 1.35. The number of ether oxygens (including phenoxy) is 1. The Morgan fingerprint density at radius 2 is 2.10 bits per heavy atom. The molecule has 0 saturated heterocycles. The number of esters is 1. The van der Waals surface area contributed by atoms with Gasteiger partial charge in [0.05, 0.1) is 18.4 Å². The van der Waals surface area contributed by atoms with E-state index >= 15 is 0 Å². The third-order valence-electron chi connectivity index (χ3n) is 3.38. The molecule has 0 bridgehead atoms. The summed E-state index contributed by atoms with van der Waals surface area (Å²) >= 11 is 3.43. The summed E-state index contributed by atoms with van der Waals surface area (Å²) in [5.74, 6) is -0.179. The fourth-order valence-electron chi connectivity index (χ4n) is 2.15. The zero-order valence-electron chi connectivity index (χ0n) is 11.5. The van der Waals surface area contributed by atoms with Crippen molar-refractivity contribution in [2.45, 2.75) is 26.2 Å². The Bertz CT molecular complexity index is 593. The molecule has 1 N–H and O–H groups in total. The van der Waals surface area contributed by atoms with E-state index in [2.05, 4.69) is 26.0 Å². The average molecular weight is 338 g/mol. The van der Waals surface area contributed by atoms with Gasteiger partial charge in [0.15, 0.2) is 5.78 Å². The maximum atomic E-state index is 11.7. The number of carbonyl (C=O) groups is 2. The molecule has 2 rings (SSSR count). The minimum absolute atomic E-state index is 0.195. The highest BCUT2D eigenvalue weighted by atomic mass is 79.9. The van der Waals surface area contributed by atoms with Gasteiger partial charge in [-0.3, -0.25) is 4.79 Å². The van der Waals surface area contributed by atoms with E-state index in [-0.39, 0.29) is 11.8 Å². The van der Waals surface area contributed by atoms with Crippen LogP contribution in [0.15, 0.2) is 33.9 Å². The molecule has 0 spiro atoms. The zero-order chi connectivity index (χ0) is 14.7. The smallest absolute Gasteiger partial charge is 0.337 e. The normalized spacial score (nSPS) is 15.2. The Hall–Kier alpha value is -1.62. The second-order valence-corrected chi connectivity index (χ2v) is 5.55. The van der Waals surface area contributed by atoms with E-state index in [1.807, 2.05) is 6.92 Å². The molecule has 20 heavy (non-hydrogen) atoms. The van der Waals surface area contributed by atoms with Gasteiger partial charge >= 0.3 is 5.97 Å². The van der Waals surface area contributed by atoms with Crippen LogP contribution in [0.4, 0.5) is 5.69 Å². The zero-order valence-corrected chi connectivity index (χ0v) is 13.0. The number of methoxy groups -OCH3 is 1. The Morgan fingerprint density at radius 3 is 2.75 bits per heavy atom. The molecule has 4 nitrogen and oxygen atoms in total. The van der Waals surface area contributed by atoms with E-state index in [9.17, 15) is 9.59 Å². The number of carbonyl (C=O) groups excluding carboxylic acids is 2. The molecular formula is C15H16BrNO3. The van der Waals surface area contributed by atoms with Gasteiger partial charge in [0.1, 0.15) is 0 Å². The van der Waals surface area contributed by atoms with E-state index < -0.39 is 0 Å². The van der Waals surface area contributed by atoms with Crippen LogP contribution in [-0.2, 0) is 9.53 Å². The number of rotatable bonds is 3. The highest BCUT2D eigenvalue weighted by Crippen LogP contribution is 2.29. The van der Waals surface area contributed by atoms with Crippen molar-refractivity contribution in [2.75, 3.05) is 12.4 Å². The summed E-state index contributed by atoms with van der Waals surface area (Å²) in [6, 6.07) is 5.20. The Balaban J connectivity index is 2.24. The Morgan fingerprint density at radius 1 is 1.35 bits per heavy atom. The van der Waals surface area contributed by atoms with Gasteiger partial charge in [0.25, 0.3) is 0 Å². The first kappa shape index (κ1) is 14.8. The molecule has 1 aromatic rings. The van der Waals surface area contributed by atoms with Crippen LogP contribution >= 0.6 is 15.9 Å². The van der Waals surface area contributed by atoms with Gasteiger partial charge < -0.3 is 10.1 Å². The quantitative estimate of drug-likeness (QED) is 0.855. The number of ketones is 1. The number of halogens is 1. The summed E-state index contributed by atoms with van der Waals surface area (Å²) in [6.07, 6.45) is 2.36. The molecule has 1 aliphatic carbocycles. The summed E-state index contributed by atoms with van der Waals surface area (Å²) in [4.78, 5) is 23.1. The van der Waals surface area contributed by atoms with Crippen molar-refractivity contribution in [3.8, 4) is 0 Å². The fourth-order valence-corrected chi connectivity index (χ4v) is 2.63. The van der Waals surface area contributed by atoms with E-state index in [1.165, 1.54) is 7.11 Å². The van der Waals surface area contributed by atoms with Crippen LogP contribution in [0, 0.1) is 0 Å². The van der Waals surface area contributed by atoms with Gasteiger partial charge in [-0.1, -0.05) is 0 Å². The largest absolute Gasteiger partial charge is 0.465 e. The molecule has 0 amide bonds. The predicted molar refractivity (Wildman–Crippen MR) is 80.7 cm³/mol. The summed E-state index contributed by atoms with van der Waals surface area (Å²) in [5, 5.41) is 3.27. The monoisotopic (exact) mass is 337 g/mol. The SMILES string of the molecule is COC(=O)c1ccc(NC2=C(C)C(=O)CCC2)c(Br)c1. The van der Waals surface area contributed by atoms with Crippen molar-refractivity contribution < 1.29 is 14.3 Å². The van der Waals surface area contributed by atoms with E-state index in [1.54, 1.807) is 18.2 Å². The number of benzene rings is 1. The fraction of sp³-hybridized carbons (Fsp3) is 0.333. The third-order valence-corrected chi connectivity index (χ3v) is 4.03. The van der Waals surface area contributed by atoms with E-state index in [0.717, 1.165) is 34.3 Å². The summed E-state index contributed by atoms with van der Waals surface area (Å²) in [6.45, 7) is 1.85. The van der Waals surface area contributed by atoms with Crippen molar-refractivity contribution in [3.63, 3.8) is 0 Å². The lowest BCUT2D eigenvalue weighted by atomic mass is 9.96. The molecule has 0 radical (unpaired) electrons. The molecule has 0 saturated carbocycles. The van der Waals surface area contributed by atoms with Gasteiger partial charge in [-0.2, -0.15) is 0 Å². The molecule has 1 aliphatic rings. The van der Waals surface area contributed by atoms with Crippen LogP contribution in [0.25, 0.3) is 0 Å². The van der Waals surface area contributed by atoms with E-state index in [0.29, 0.717) is 12.0 Å². The molecule has 0 aromatic heterocycles. The van der Waals surface area contributed by atoms with Crippen LogP contribution in [0.5, 0.6) is 0 Å². The first-order valence-electron chi connectivity index (χ1n) is 6.40. The highest BCUT2D eigenvalue weighted by molar-refractivity contribution is 9.10. The number of hydrogen-bond acceptors (Lipinski definition) is 4. The van der Waals surface area contributed by atoms with Crippen LogP contribution < -0.4 is 5.32 Å². The van der Waals surface area contributed by atoms with Gasteiger partial charge in [-0.15, -0.1) is 0 Å². The highest BCUT2D eigenvalue weighted by Gasteiger charge is 2.17. The van der Waals surface area contributed by atoms with Crippen molar-refractivity contribution in [3.05, 3.63) is 39.5 Å². The number of allylic oxidation sites excluding steroid dienone is 2. The average Bonchev–Trinajstić information content (AvgIpc) is 2.45. The van der Waals surface area contributed by atoms with Crippen molar-refractivity contribution >= 4 is 33.4 Å². The topological polar surface area (TPSA) is 55.4 Å². The molecule has 0 atom stereocenters. The van der Waals surface area contributed by atoms with Gasteiger partial charge in [-0.05, 0) is 53.9 Å². The van der Waals surface area contributed by atoms with Crippen LogP contribution in [-0.4, -0.2) is 18.9 Å². The predicted octanol–water partition coefficient (Wildman–Crippen LogP) is 3.67. The molecule has 0 fully saturated rings. The minimum Gasteiger partial charge on any atom is -0.465 e. The maximum Gasteiger partial charge on any atom is 0.337 e. The van der Waals surface area contributed by atoms with Crippen LogP contribution in [0.3, 0.4) is 0 Å². The molecule has 0 heterocycles. The molecular weight excluding hydrogens is 322 g/mol. The third kappa shape index (κ3) is 3.10. The van der Waals surface area contributed by atoms with Crippen molar-refractivity contribution in [2.24, 2.45) is 0 Å². The molecule has 1 aromatic carbocycles. The van der Waals surface area contributed by atoms with Crippen molar-refractivity contribution in [1.82, 2.24) is 0 Å². The molecule has 0 aliphatic heterocycles. The molecule has 0 unspecified atom stereocenters.